The summed E-state index contributed by atoms with van der Waals surface area (Å²) in [5.41, 5.74) is 4.88. The van der Waals surface area contributed by atoms with E-state index in [0.717, 1.165) is 0 Å². The second-order valence-electron chi connectivity index (χ2n) is 3.16. The van der Waals surface area contributed by atoms with Gasteiger partial charge in [-0.05, 0) is 0 Å². The molecule has 1 fully saturated rings. The highest BCUT2D eigenvalue weighted by atomic mass is 16.6. The van der Waals surface area contributed by atoms with Gasteiger partial charge in [0.15, 0.2) is 6.29 Å². The number of hydrogen-bond donors (Lipinski definition) is 5. The van der Waals surface area contributed by atoms with E-state index in [2.05, 4.69) is 4.74 Å². The van der Waals surface area contributed by atoms with Crippen LogP contribution in [0.25, 0.3) is 0 Å². The molecule has 0 radical (unpaired) electrons. The third kappa shape index (κ3) is 1.86. The Balaban J connectivity index is 2.79. The Morgan fingerprint density at radius 1 is 1.29 bits per heavy atom. The van der Waals surface area contributed by atoms with Crippen molar-refractivity contribution in [2.75, 3.05) is 6.61 Å². The SMILES string of the molecule is NC(=O)C1C(O)OC(CO)C(O)C1O. The van der Waals surface area contributed by atoms with Gasteiger partial charge in [0, 0.05) is 0 Å². The van der Waals surface area contributed by atoms with Crippen molar-refractivity contribution >= 4 is 5.91 Å². The maximum atomic E-state index is 10.8. The molecule has 1 aliphatic heterocycles. The van der Waals surface area contributed by atoms with Gasteiger partial charge in [-0.15, -0.1) is 0 Å². The molecule has 0 aromatic rings. The van der Waals surface area contributed by atoms with E-state index in [9.17, 15) is 20.1 Å². The molecule has 82 valence electrons. The van der Waals surface area contributed by atoms with Crippen LogP contribution in [0.3, 0.4) is 0 Å². The minimum absolute atomic E-state index is 0.569. The highest BCUT2D eigenvalue weighted by Gasteiger charge is 2.46. The number of amides is 1. The number of aliphatic hydroxyl groups excluding tert-OH is 4. The van der Waals surface area contributed by atoms with Crippen LogP contribution in [0.1, 0.15) is 0 Å². The van der Waals surface area contributed by atoms with Gasteiger partial charge in [0.1, 0.15) is 18.1 Å². The lowest BCUT2D eigenvalue weighted by Crippen LogP contribution is -2.59. The number of primary amides is 1. The summed E-state index contributed by atoms with van der Waals surface area (Å²) in [6, 6.07) is 0. The predicted octanol–water partition coefficient (Wildman–Crippen LogP) is -3.48. The maximum absolute atomic E-state index is 10.8. The molecular formula is C7H13NO6. The van der Waals surface area contributed by atoms with Crippen LogP contribution in [-0.2, 0) is 9.53 Å². The van der Waals surface area contributed by atoms with Crippen LogP contribution in [-0.4, -0.2) is 57.5 Å². The van der Waals surface area contributed by atoms with E-state index in [0.29, 0.717) is 0 Å². The van der Waals surface area contributed by atoms with Gasteiger partial charge in [0.2, 0.25) is 5.91 Å². The molecule has 1 amide bonds. The lowest BCUT2D eigenvalue weighted by atomic mass is 9.90. The summed E-state index contributed by atoms with van der Waals surface area (Å²) >= 11 is 0. The first-order chi connectivity index (χ1) is 6.49. The standard InChI is InChI=1S/C7H13NO6/c8-6(12)3-5(11)4(10)2(1-9)14-7(3)13/h2-5,7,9-11,13H,1H2,(H2,8,12). The first kappa shape index (κ1) is 11.3. The lowest BCUT2D eigenvalue weighted by molar-refractivity contribution is -0.263. The average Bonchev–Trinajstić information content (AvgIpc) is 2.10. The van der Waals surface area contributed by atoms with Gasteiger partial charge >= 0.3 is 0 Å². The van der Waals surface area contributed by atoms with Crippen LogP contribution >= 0.6 is 0 Å². The molecule has 0 spiro atoms. The van der Waals surface area contributed by atoms with Crippen LogP contribution in [0.5, 0.6) is 0 Å². The predicted molar refractivity (Wildman–Crippen MR) is 42.7 cm³/mol. The van der Waals surface area contributed by atoms with Crippen molar-refractivity contribution in [2.24, 2.45) is 11.7 Å². The Hall–Kier alpha value is -0.730. The van der Waals surface area contributed by atoms with Crippen LogP contribution in [0.2, 0.25) is 0 Å². The van der Waals surface area contributed by atoms with Crippen molar-refractivity contribution in [1.82, 2.24) is 0 Å². The van der Waals surface area contributed by atoms with E-state index in [1.807, 2.05) is 0 Å². The number of carbonyl (C=O) groups is 1. The van der Waals surface area contributed by atoms with E-state index < -0.39 is 43.0 Å². The van der Waals surface area contributed by atoms with E-state index in [-0.39, 0.29) is 0 Å². The van der Waals surface area contributed by atoms with Crippen molar-refractivity contribution in [3.8, 4) is 0 Å². The van der Waals surface area contributed by atoms with E-state index in [4.69, 9.17) is 10.8 Å². The number of carbonyl (C=O) groups excluding carboxylic acids is 1. The van der Waals surface area contributed by atoms with E-state index in [1.165, 1.54) is 0 Å². The summed E-state index contributed by atoms with van der Waals surface area (Å²) < 4.78 is 4.69. The summed E-state index contributed by atoms with van der Waals surface area (Å²) in [6.45, 7) is -0.569. The lowest BCUT2D eigenvalue weighted by Gasteiger charge is -2.38. The fourth-order valence-electron chi connectivity index (χ4n) is 1.41. The maximum Gasteiger partial charge on any atom is 0.228 e. The third-order valence-electron chi connectivity index (χ3n) is 2.23. The highest BCUT2D eigenvalue weighted by Crippen LogP contribution is 2.24. The first-order valence-corrected chi connectivity index (χ1v) is 4.09. The minimum Gasteiger partial charge on any atom is -0.394 e. The molecule has 1 saturated heterocycles. The molecule has 6 N–H and O–H groups in total. The molecule has 1 heterocycles. The monoisotopic (exact) mass is 207 g/mol. The van der Waals surface area contributed by atoms with Gasteiger partial charge in [-0.1, -0.05) is 0 Å². The molecule has 0 saturated carbocycles. The molecular weight excluding hydrogens is 194 g/mol. The largest absolute Gasteiger partial charge is 0.394 e. The third-order valence-corrected chi connectivity index (χ3v) is 2.23. The molecule has 5 atom stereocenters. The van der Waals surface area contributed by atoms with Crippen molar-refractivity contribution in [1.29, 1.82) is 0 Å². The average molecular weight is 207 g/mol. The summed E-state index contributed by atoms with van der Waals surface area (Å²) in [5.74, 6) is -2.35. The summed E-state index contributed by atoms with van der Waals surface area (Å²) in [6.07, 6.45) is -5.70. The number of aliphatic hydroxyl groups is 4. The minimum atomic E-state index is -1.61. The van der Waals surface area contributed by atoms with E-state index in [1.54, 1.807) is 0 Å². The van der Waals surface area contributed by atoms with Crippen LogP contribution in [0.15, 0.2) is 0 Å². The molecule has 7 heteroatoms. The van der Waals surface area contributed by atoms with Crippen LogP contribution in [0.4, 0.5) is 0 Å². The van der Waals surface area contributed by atoms with Gasteiger partial charge < -0.3 is 30.9 Å². The molecule has 0 aromatic heterocycles. The number of rotatable bonds is 2. The molecule has 5 unspecified atom stereocenters. The fraction of sp³-hybridized carbons (Fsp3) is 0.857. The summed E-state index contributed by atoms with van der Waals surface area (Å²) in [7, 11) is 0. The Kier molecular flexibility index (Phi) is 3.40. The molecule has 0 bridgehead atoms. The number of ether oxygens (including phenoxy) is 1. The van der Waals surface area contributed by atoms with Crippen molar-refractivity contribution < 1.29 is 30.0 Å². The zero-order valence-corrected chi connectivity index (χ0v) is 7.28. The Morgan fingerprint density at radius 2 is 1.86 bits per heavy atom. The Morgan fingerprint density at radius 3 is 2.29 bits per heavy atom. The van der Waals surface area contributed by atoms with E-state index >= 15 is 0 Å². The fourth-order valence-corrected chi connectivity index (χ4v) is 1.41. The Labute approximate surface area is 79.7 Å². The molecule has 14 heavy (non-hydrogen) atoms. The van der Waals surface area contributed by atoms with Crippen molar-refractivity contribution in [2.45, 2.75) is 24.6 Å². The molecule has 0 aliphatic carbocycles. The molecule has 1 rings (SSSR count). The van der Waals surface area contributed by atoms with Gasteiger partial charge in [-0.2, -0.15) is 0 Å². The second-order valence-corrected chi connectivity index (χ2v) is 3.16. The summed E-state index contributed by atoms with van der Waals surface area (Å²) in [4.78, 5) is 10.8. The van der Waals surface area contributed by atoms with Gasteiger partial charge in [0.05, 0.1) is 12.7 Å². The molecule has 7 nitrogen and oxygen atoms in total. The Bertz CT molecular complexity index is 222. The molecule has 0 aromatic carbocycles. The van der Waals surface area contributed by atoms with Crippen LogP contribution < -0.4 is 5.73 Å². The molecule has 1 aliphatic rings. The smallest absolute Gasteiger partial charge is 0.228 e. The second kappa shape index (κ2) is 4.20. The van der Waals surface area contributed by atoms with Gasteiger partial charge in [-0.25, -0.2) is 0 Å². The zero-order chi connectivity index (χ0) is 10.9. The topological polar surface area (TPSA) is 133 Å². The zero-order valence-electron chi connectivity index (χ0n) is 7.28. The van der Waals surface area contributed by atoms with Crippen molar-refractivity contribution in [3.05, 3.63) is 0 Å². The van der Waals surface area contributed by atoms with Gasteiger partial charge in [-0.3, -0.25) is 4.79 Å². The number of nitrogens with two attached hydrogens (primary N) is 1. The first-order valence-electron chi connectivity index (χ1n) is 4.09. The summed E-state index contributed by atoms with van der Waals surface area (Å²) in [5, 5.41) is 36.6. The normalized spacial score (nSPS) is 43.6. The van der Waals surface area contributed by atoms with Crippen LogP contribution in [0, 0.1) is 5.92 Å². The van der Waals surface area contributed by atoms with Crippen molar-refractivity contribution in [3.63, 3.8) is 0 Å². The quantitative estimate of drug-likeness (QED) is 0.319. The van der Waals surface area contributed by atoms with Gasteiger partial charge in [0.25, 0.3) is 0 Å². The number of hydrogen-bond acceptors (Lipinski definition) is 6. The highest BCUT2D eigenvalue weighted by molar-refractivity contribution is 5.77.